The Hall–Kier alpha value is -1.79. The van der Waals surface area contributed by atoms with Crippen molar-refractivity contribution in [2.24, 2.45) is 0 Å². The first-order valence-corrected chi connectivity index (χ1v) is 7.20. The van der Waals surface area contributed by atoms with Crippen LogP contribution in [0.2, 0.25) is 0 Å². The van der Waals surface area contributed by atoms with Crippen LogP contribution in [0.4, 0.5) is 0 Å². The van der Waals surface area contributed by atoms with Gasteiger partial charge in [-0.1, -0.05) is 0 Å². The summed E-state index contributed by atoms with van der Waals surface area (Å²) in [6.07, 6.45) is 2.07. The number of rotatable bonds is 5. The summed E-state index contributed by atoms with van der Waals surface area (Å²) in [4.78, 5) is 6.90. The van der Waals surface area contributed by atoms with E-state index in [4.69, 9.17) is 14.2 Å². The SMILES string of the molecule is COc1cc2c(ccn2CCN2CCOCC2)nc1OC. The van der Waals surface area contributed by atoms with E-state index in [1.165, 1.54) is 0 Å². The third-order valence-electron chi connectivity index (χ3n) is 3.86. The Balaban J connectivity index is 1.78. The van der Waals surface area contributed by atoms with E-state index in [-0.39, 0.29) is 0 Å². The minimum atomic E-state index is 0.524. The third kappa shape index (κ3) is 2.96. The monoisotopic (exact) mass is 291 g/mol. The van der Waals surface area contributed by atoms with Gasteiger partial charge in [-0.25, -0.2) is 4.98 Å². The van der Waals surface area contributed by atoms with Crippen molar-refractivity contribution in [1.29, 1.82) is 0 Å². The number of hydrogen-bond acceptors (Lipinski definition) is 5. The molecule has 2 aromatic rings. The highest BCUT2D eigenvalue weighted by Crippen LogP contribution is 2.29. The first-order chi connectivity index (χ1) is 10.3. The van der Waals surface area contributed by atoms with Crippen molar-refractivity contribution < 1.29 is 14.2 Å². The first kappa shape index (κ1) is 14.2. The van der Waals surface area contributed by atoms with E-state index >= 15 is 0 Å². The summed E-state index contributed by atoms with van der Waals surface area (Å²) in [6.45, 7) is 5.63. The lowest BCUT2D eigenvalue weighted by atomic mass is 10.3. The molecule has 2 aromatic heterocycles. The van der Waals surface area contributed by atoms with Crippen molar-refractivity contribution in [3.63, 3.8) is 0 Å². The Labute approximate surface area is 124 Å². The fourth-order valence-corrected chi connectivity index (χ4v) is 2.64. The average molecular weight is 291 g/mol. The van der Waals surface area contributed by atoms with E-state index in [0.717, 1.165) is 50.4 Å². The summed E-state index contributed by atoms with van der Waals surface area (Å²) >= 11 is 0. The largest absolute Gasteiger partial charge is 0.491 e. The summed E-state index contributed by atoms with van der Waals surface area (Å²) in [5.41, 5.74) is 2.00. The Morgan fingerprint density at radius 2 is 2.00 bits per heavy atom. The van der Waals surface area contributed by atoms with Crippen LogP contribution in [-0.2, 0) is 11.3 Å². The van der Waals surface area contributed by atoms with Gasteiger partial charge in [-0.05, 0) is 6.07 Å². The zero-order chi connectivity index (χ0) is 14.7. The molecule has 6 heteroatoms. The minimum absolute atomic E-state index is 0.524. The lowest BCUT2D eigenvalue weighted by Gasteiger charge is -2.26. The number of methoxy groups -OCH3 is 2. The van der Waals surface area contributed by atoms with Crippen LogP contribution in [0.25, 0.3) is 11.0 Å². The molecule has 3 rings (SSSR count). The molecule has 1 aliphatic heterocycles. The van der Waals surface area contributed by atoms with Crippen molar-refractivity contribution in [3.05, 3.63) is 18.3 Å². The van der Waals surface area contributed by atoms with Gasteiger partial charge in [-0.2, -0.15) is 0 Å². The Morgan fingerprint density at radius 1 is 1.19 bits per heavy atom. The average Bonchev–Trinajstić information content (AvgIpc) is 2.94. The maximum atomic E-state index is 5.37. The van der Waals surface area contributed by atoms with E-state index < -0.39 is 0 Å². The minimum Gasteiger partial charge on any atom is -0.491 e. The molecule has 114 valence electrons. The second-order valence-electron chi connectivity index (χ2n) is 5.07. The zero-order valence-corrected chi connectivity index (χ0v) is 12.5. The van der Waals surface area contributed by atoms with Crippen molar-refractivity contribution in [3.8, 4) is 11.6 Å². The van der Waals surface area contributed by atoms with E-state index in [1.807, 2.05) is 12.1 Å². The number of hydrogen-bond donors (Lipinski definition) is 0. The molecule has 0 unspecified atom stereocenters. The molecule has 3 heterocycles. The van der Waals surface area contributed by atoms with Crippen molar-refractivity contribution in [2.75, 3.05) is 47.1 Å². The van der Waals surface area contributed by atoms with Gasteiger partial charge in [0.25, 0.3) is 5.88 Å². The molecule has 0 N–H and O–H groups in total. The predicted molar refractivity (Wildman–Crippen MR) is 80.1 cm³/mol. The molecule has 0 atom stereocenters. The smallest absolute Gasteiger partial charge is 0.257 e. The van der Waals surface area contributed by atoms with Gasteiger partial charge in [0.05, 0.1) is 38.5 Å². The second-order valence-corrected chi connectivity index (χ2v) is 5.07. The molecule has 1 fully saturated rings. The van der Waals surface area contributed by atoms with E-state index in [2.05, 4.69) is 20.6 Å². The van der Waals surface area contributed by atoms with Crippen LogP contribution in [0.1, 0.15) is 0 Å². The molecular weight excluding hydrogens is 270 g/mol. The van der Waals surface area contributed by atoms with Gasteiger partial charge in [0, 0.05) is 38.4 Å². The highest BCUT2D eigenvalue weighted by Gasteiger charge is 2.13. The summed E-state index contributed by atoms with van der Waals surface area (Å²) in [5.74, 6) is 1.19. The first-order valence-electron chi connectivity index (χ1n) is 7.20. The summed E-state index contributed by atoms with van der Waals surface area (Å²) in [5, 5.41) is 0. The van der Waals surface area contributed by atoms with Crippen molar-refractivity contribution >= 4 is 11.0 Å². The van der Waals surface area contributed by atoms with E-state index in [0.29, 0.717) is 11.6 Å². The molecule has 0 aromatic carbocycles. The van der Waals surface area contributed by atoms with Crippen LogP contribution in [0.15, 0.2) is 18.3 Å². The number of fused-ring (bicyclic) bond motifs is 1. The number of ether oxygens (including phenoxy) is 3. The summed E-state index contributed by atoms with van der Waals surface area (Å²) < 4.78 is 18.2. The highest BCUT2D eigenvalue weighted by atomic mass is 16.5. The quantitative estimate of drug-likeness (QED) is 0.833. The second kappa shape index (κ2) is 6.32. The van der Waals surface area contributed by atoms with Crippen LogP contribution < -0.4 is 9.47 Å². The van der Waals surface area contributed by atoms with E-state index in [1.54, 1.807) is 14.2 Å². The van der Waals surface area contributed by atoms with Crippen molar-refractivity contribution in [2.45, 2.75) is 6.54 Å². The molecule has 1 saturated heterocycles. The van der Waals surface area contributed by atoms with Crippen molar-refractivity contribution in [1.82, 2.24) is 14.5 Å². The molecule has 0 radical (unpaired) electrons. The van der Waals surface area contributed by atoms with E-state index in [9.17, 15) is 0 Å². The fourth-order valence-electron chi connectivity index (χ4n) is 2.64. The molecule has 0 saturated carbocycles. The third-order valence-corrected chi connectivity index (χ3v) is 3.86. The van der Waals surface area contributed by atoms with Gasteiger partial charge in [0.2, 0.25) is 0 Å². The molecule has 21 heavy (non-hydrogen) atoms. The van der Waals surface area contributed by atoms with Crippen LogP contribution >= 0.6 is 0 Å². The summed E-state index contributed by atoms with van der Waals surface area (Å²) in [6, 6.07) is 4.00. The topological polar surface area (TPSA) is 48.8 Å². The van der Waals surface area contributed by atoms with Gasteiger partial charge in [0.1, 0.15) is 0 Å². The number of morpholine rings is 1. The Kier molecular flexibility index (Phi) is 4.26. The number of nitrogens with zero attached hydrogens (tertiary/aromatic N) is 3. The van der Waals surface area contributed by atoms with Gasteiger partial charge in [0.15, 0.2) is 5.75 Å². The molecule has 1 aliphatic rings. The number of pyridine rings is 1. The lowest BCUT2D eigenvalue weighted by molar-refractivity contribution is 0.0365. The molecule has 0 aliphatic carbocycles. The molecular formula is C15H21N3O3. The van der Waals surface area contributed by atoms with Gasteiger partial charge in [-0.3, -0.25) is 4.90 Å². The van der Waals surface area contributed by atoms with Crippen LogP contribution in [0.5, 0.6) is 11.6 Å². The molecule has 0 amide bonds. The zero-order valence-electron chi connectivity index (χ0n) is 12.5. The van der Waals surface area contributed by atoms with Crippen LogP contribution in [0.3, 0.4) is 0 Å². The maximum Gasteiger partial charge on any atom is 0.257 e. The maximum absolute atomic E-state index is 5.37. The fraction of sp³-hybridized carbons (Fsp3) is 0.533. The summed E-state index contributed by atoms with van der Waals surface area (Å²) in [7, 11) is 3.23. The lowest BCUT2D eigenvalue weighted by Crippen LogP contribution is -2.38. The highest BCUT2D eigenvalue weighted by molar-refractivity contribution is 5.78. The van der Waals surface area contributed by atoms with Crippen LogP contribution in [0, 0.1) is 0 Å². The van der Waals surface area contributed by atoms with Gasteiger partial charge >= 0.3 is 0 Å². The predicted octanol–water partition coefficient (Wildman–Crippen LogP) is 1.39. The molecule has 6 nitrogen and oxygen atoms in total. The Bertz CT molecular complexity index is 605. The molecule has 0 bridgehead atoms. The Morgan fingerprint density at radius 3 is 2.71 bits per heavy atom. The normalized spacial score (nSPS) is 16.3. The standard InChI is InChI=1S/C15H21N3O3/c1-19-14-11-13-12(16-15(14)20-2)3-4-18(13)6-5-17-7-9-21-10-8-17/h3-4,11H,5-10H2,1-2H3. The van der Waals surface area contributed by atoms with Gasteiger partial charge < -0.3 is 18.8 Å². The van der Waals surface area contributed by atoms with Gasteiger partial charge in [-0.15, -0.1) is 0 Å². The molecule has 0 spiro atoms. The van der Waals surface area contributed by atoms with Crippen LogP contribution in [-0.4, -0.2) is 61.5 Å². The number of aromatic nitrogens is 2.